The monoisotopic (exact) mass is 298 g/mol. The van der Waals surface area contributed by atoms with Crippen LogP contribution < -0.4 is 4.74 Å². The van der Waals surface area contributed by atoms with Gasteiger partial charge in [0.25, 0.3) is 0 Å². The van der Waals surface area contributed by atoms with E-state index < -0.39 is 0 Å². The van der Waals surface area contributed by atoms with Crippen molar-refractivity contribution < 1.29 is 4.74 Å². The molecule has 0 aliphatic rings. The Kier molecular flexibility index (Phi) is 4.29. The van der Waals surface area contributed by atoms with Gasteiger partial charge in [-0.2, -0.15) is 0 Å². The Morgan fingerprint density at radius 1 is 0.882 bits per heavy atom. The molecule has 1 aromatic rings. The van der Waals surface area contributed by atoms with E-state index in [0.717, 1.165) is 10.2 Å². The lowest BCUT2D eigenvalue weighted by molar-refractivity contribution is -0.00170. The summed E-state index contributed by atoms with van der Waals surface area (Å²) < 4.78 is 7.25. The standard InChI is InChI=1S/C15H23BrO/c1-14(2,3)13(15(4,5)6)17-12-9-7-11(16)8-10-12/h7-10,13H,1-6H3. The highest BCUT2D eigenvalue weighted by atomic mass is 79.9. The number of ether oxygens (including phenoxy) is 1. The zero-order valence-corrected chi connectivity index (χ0v) is 13.3. The molecular weight excluding hydrogens is 276 g/mol. The van der Waals surface area contributed by atoms with Crippen LogP contribution in [0.1, 0.15) is 41.5 Å². The van der Waals surface area contributed by atoms with Gasteiger partial charge in [-0.1, -0.05) is 57.5 Å². The highest BCUT2D eigenvalue weighted by molar-refractivity contribution is 9.10. The summed E-state index contributed by atoms with van der Waals surface area (Å²) in [6.07, 6.45) is 0.177. The van der Waals surface area contributed by atoms with Crippen LogP contribution in [-0.2, 0) is 0 Å². The number of rotatable bonds is 2. The Labute approximate surface area is 114 Å². The molecule has 1 rings (SSSR count). The lowest BCUT2D eigenvalue weighted by Crippen LogP contribution is -2.42. The van der Waals surface area contributed by atoms with Crippen LogP contribution in [0.5, 0.6) is 5.75 Å². The lowest BCUT2D eigenvalue weighted by atomic mass is 9.74. The Morgan fingerprint density at radius 3 is 1.65 bits per heavy atom. The number of benzene rings is 1. The quantitative estimate of drug-likeness (QED) is 0.721. The van der Waals surface area contributed by atoms with Crippen LogP contribution in [-0.4, -0.2) is 6.10 Å². The van der Waals surface area contributed by atoms with Gasteiger partial charge in [0.2, 0.25) is 0 Å². The van der Waals surface area contributed by atoms with Crippen LogP contribution in [0.4, 0.5) is 0 Å². The summed E-state index contributed by atoms with van der Waals surface area (Å²) in [5, 5.41) is 0. The predicted molar refractivity (Wildman–Crippen MR) is 77.5 cm³/mol. The van der Waals surface area contributed by atoms with E-state index >= 15 is 0 Å². The fourth-order valence-corrected chi connectivity index (χ4v) is 2.57. The molecule has 1 aromatic carbocycles. The molecule has 0 spiro atoms. The molecule has 0 fully saturated rings. The van der Waals surface area contributed by atoms with Gasteiger partial charge in [-0.25, -0.2) is 0 Å². The third kappa shape index (κ3) is 4.34. The van der Waals surface area contributed by atoms with Crippen molar-refractivity contribution in [2.75, 3.05) is 0 Å². The van der Waals surface area contributed by atoms with Crippen LogP contribution >= 0.6 is 15.9 Å². The Hall–Kier alpha value is -0.500. The van der Waals surface area contributed by atoms with Gasteiger partial charge in [0.05, 0.1) is 0 Å². The first-order valence-electron chi connectivity index (χ1n) is 6.03. The second-order valence-electron chi connectivity index (χ2n) is 6.68. The van der Waals surface area contributed by atoms with Crippen LogP contribution in [0, 0.1) is 10.8 Å². The summed E-state index contributed by atoms with van der Waals surface area (Å²) in [6.45, 7) is 13.3. The molecular formula is C15H23BrO. The predicted octanol–water partition coefficient (Wildman–Crippen LogP) is 5.29. The van der Waals surface area contributed by atoms with Crippen molar-refractivity contribution in [3.05, 3.63) is 28.7 Å². The summed E-state index contributed by atoms with van der Waals surface area (Å²) in [6, 6.07) is 8.04. The molecule has 0 aliphatic carbocycles. The van der Waals surface area contributed by atoms with Gasteiger partial charge in [-0.3, -0.25) is 0 Å². The molecule has 0 radical (unpaired) electrons. The zero-order valence-electron chi connectivity index (χ0n) is 11.7. The largest absolute Gasteiger partial charge is 0.489 e. The molecule has 0 N–H and O–H groups in total. The summed E-state index contributed by atoms with van der Waals surface area (Å²) in [5.41, 5.74) is 0.233. The molecule has 1 nitrogen and oxygen atoms in total. The van der Waals surface area contributed by atoms with Gasteiger partial charge in [0.15, 0.2) is 0 Å². The lowest BCUT2D eigenvalue weighted by Gasteiger charge is -2.40. The van der Waals surface area contributed by atoms with Crippen molar-refractivity contribution in [1.29, 1.82) is 0 Å². The van der Waals surface area contributed by atoms with Crippen molar-refractivity contribution in [1.82, 2.24) is 0 Å². The van der Waals surface area contributed by atoms with Crippen molar-refractivity contribution in [3.8, 4) is 5.75 Å². The van der Waals surface area contributed by atoms with E-state index in [1.807, 2.05) is 24.3 Å². The van der Waals surface area contributed by atoms with Gasteiger partial charge >= 0.3 is 0 Å². The summed E-state index contributed by atoms with van der Waals surface area (Å²) >= 11 is 3.44. The SMILES string of the molecule is CC(C)(C)C(Oc1ccc(Br)cc1)C(C)(C)C. The summed E-state index contributed by atoms with van der Waals surface area (Å²) in [4.78, 5) is 0. The van der Waals surface area contributed by atoms with E-state index in [1.165, 1.54) is 0 Å². The Balaban J connectivity index is 2.92. The molecule has 0 saturated carbocycles. The van der Waals surface area contributed by atoms with Gasteiger partial charge in [0.1, 0.15) is 11.9 Å². The van der Waals surface area contributed by atoms with E-state index in [1.54, 1.807) is 0 Å². The molecule has 0 heterocycles. The number of halogens is 1. The van der Waals surface area contributed by atoms with Crippen LogP contribution in [0.2, 0.25) is 0 Å². The molecule has 0 aliphatic heterocycles. The molecule has 17 heavy (non-hydrogen) atoms. The minimum absolute atomic E-state index is 0.116. The van der Waals surface area contributed by atoms with E-state index in [4.69, 9.17) is 4.74 Å². The topological polar surface area (TPSA) is 9.23 Å². The van der Waals surface area contributed by atoms with Crippen molar-refractivity contribution in [3.63, 3.8) is 0 Å². The molecule has 0 atom stereocenters. The molecule has 0 aromatic heterocycles. The highest BCUT2D eigenvalue weighted by Crippen LogP contribution is 2.36. The maximum atomic E-state index is 6.18. The van der Waals surface area contributed by atoms with E-state index in [2.05, 4.69) is 57.5 Å². The Morgan fingerprint density at radius 2 is 1.29 bits per heavy atom. The highest BCUT2D eigenvalue weighted by Gasteiger charge is 2.36. The minimum atomic E-state index is 0.116. The summed E-state index contributed by atoms with van der Waals surface area (Å²) in [5.74, 6) is 0.933. The normalized spacial score (nSPS) is 12.9. The average Bonchev–Trinajstić information content (AvgIpc) is 2.13. The smallest absolute Gasteiger partial charge is 0.119 e. The van der Waals surface area contributed by atoms with Gasteiger partial charge in [0, 0.05) is 4.47 Å². The third-order valence-corrected chi connectivity index (χ3v) is 3.17. The van der Waals surface area contributed by atoms with Crippen molar-refractivity contribution in [2.45, 2.75) is 47.6 Å². The van der Waals surface area contributed by atoms with Crippen LogP contribution in [0.15, 0.2) is 28.7 Å². The summed E-state index contributed by atoms with van der Waals surface area (Å²) in [7, 11) is 0. The van der Waals surface area contributed by atoms with Crippen molar-refractivity contribution in [2.24, 2.45) is 10.8 Å². The van der Waals surface area contributed by atoms with Gasteiger partial charge < -0.3 is 4.74 Å². The van der Waals surface area contributed by atoms with E-state index in [-0.39, 0.29) is 16.9 Å². The number of hydrogen-bond donors (Lipinski definition) is 0. The molecule has 0 amide bonds. The first-order valence-corrected chi connectivity index (χ1v) is 6.82. The van der Waals surface area contributed by atoms with E-state index in [9.17, 15) is 0 Å². The molecule has 0 saturated heterocycles. The van der Waals surface area contributed by atoms with E-state index in [0.29, 0.717) is 0 Å². The second kappa shape index (κ2) is 5.01. The molecule has 0 unspecified atom stereocenters. The van der Waals surface area contributed by atoms with Crippen LogP contribution in [0.3, 0.4) is 0 Å². The fraction of sp³-hybridized carbons (Fsp3) is 0.600. The number of hydrogen-bond acceptors (Lipinski definition) is 1. The fourth-order valence-electron chi connectivity index (χ4n) is 2.30. The first kappa shape index (κ1) is 14.6. The van der Waals surface area contributed by atoms with Crippen molar-refractivity contribution >= 4 is 15.9 Å². The second-order valence-corrected chi connectivity index (χ2v) is 7.60. The molecule has 2 heteroatoms. The molecule has 0 bridgehead atoms. The maximum Gasteiger partial charge on any atom is 0.119 e. The Bertz CT molecular complexity index is 340. The zero-order chi connectivity index (χ0) is 13.3. The average molecular weight is 299 g/mol. The van der Waals surface area contributed by atoms with Gasteiger partial charge in [-0.05, 0) is 35.1 Å². The maximum absolute atomic E-state index is 6.18. The minimum Gasteiger partial charge on any atom is -0.489 e. The van der Waals surface area contributed by atoms with Crippen LogP contribution in [0.25, 0.3) is 0 Å². The first-order chi connectivity index (χ1) is 7.60. The molecule has 96 valence electrons. The third-order valence-electron chi connectivity index (χ3n) is 2.64. The van der Waals surface area contributed by atoms with Gasteiger partial charge in [-0.15, -0.1) is 0 Å².